The number of hydrogen-bond donors (Lipinski definition) is 0. The Morgan fingerprint density at radius 2 is 1.73 bits per heavy atom. The first kappa shape index (κ1) is 21.9. The number of pyridine rings is 1. The van der Waals surface area contributed by atoms with Crippen molar-refractivity contribution in [3.63, 3.8) is 0 Å². The van der Waals surface area contributed by atoms with Crippen molar-refractivity contribution in [2.24, 2.45) is 0 Å². The number of benzene rings is 1. The summed E-state index contributed by atoms with van der Waals surface area (Å²) >= 11 is 3.37. The molecule has 0 amide bonds. The number of alkyl halides is 6. The Labute approximate surface area is 175 Å². The van der Waals surface area contributed by atoms with Gasteiger partial charge in [0.25, 0.3) is 0 Å². The van der Waals surface area contributed by atoms with E-state index in [-0.39, 0.29) is 18.2 Å². The van der Waals surface area contributed by atoms with Gasteiger partial charge in [-0.2, -0.15) is 31.6 Å². The van der Waals surface area contributed by atoms with E-state index in [1.54, 1.807) is 19.1 Å². The van der Waals surface area contributed by atoms with Crippen LogP contribution in [0.5, 0.6) is 0 Å². The maximum Gasteiger partial charge on any atom is 0.416 e. The van der Waals surface area contributed by atoms with Crippen LogP contribution in [0.15, 0.2) is 46.7 Å². The van der Waals surface area contributed by atoms with Gasteiger partial charge in [-0.1, -0.05) is 0 Å². The van der Waals surface area contributed by atoms with E-state index >= 15 is 0 Å². The van der Waals surface area contributed by atoms with Crippen LogP contribution in [0.2, 0.25) is 0 Å². The summed E-state index contributed by atoms with van der Waals surface area (Å²) in [5.41, 5.74) is -1.64. The van der Waals surface area contributed by atoms with Gasteiger partial charge in [0.05, 0.1) is 17.2 Å². The lowest BCUT2D eigenvalue weighted by molar-refractivity contribution is -0.143. The zero-order chi connectivity index (χ0) is 22.3. The highest BCUT2D eigenvalue weighted by Gasteiger charge is 2.36. The minimum atomic E-state index is -4.92. The number of nitriles is 1. The molecular formula is C20H12BrF6N3. The van der Waals surface area contributed by atoms with Crippen LogP contribution < -0.4 is 0 Å². The van der Waals surface area contributed by atoms with E-state index in [4.69, 9.17) is 5.26 Å². The number of hydrogen-bond acceptors (Lipinski definition) is 2. The fraction of sp³-hybridized carbons (Fsp3) is 0.200. The van der Waals surface area contributed by atoms with Crippen LogP contribution in [0.3, 0.4) is 0 Å². The molecule has 0 bridgehead atoms. The monoisotopic (exact) mass is 487 g/mol. The lowest BCUT2D eigenvalue weighted by Crippen LogP contribution is -2.12. The lowest BCUT2D eigenvalue weighted by atomic mass is 10.0. The predicted molar refractivity (Wildman–Crippen MR) is 102 cm³/mol. The van der Waals surface area contributed by atoms with Gasteiger partial charge in [-0.25, -0.2) is 4.98 Å². The second kappa shape index (κ2) is 7.80. The average molecular weight is 488 g/mol. The molecule has 0 saturated carbocycles. The second-order valence-corrected chi connectivity index (χ2v) is 7.41. The number of nitrogens with zero attached hydrogens (tertiary/aromatic N) is 3. The highest BCUT2D eigenvalue weighted by atomic mass is 79.9. The van der Waals surface area contributed by atoms with Crippen LogP contribution in [0.4, 0.5) is 26.3 Å². The number of rotatable bonds is 3. The minimum absolute atomic E-state index is 0.0938. The van der Waals surface area contributed by atoms with E-state index in [0.29, 0.717) is 38.8 Å². The van der Waals surface area contributed by atoms with Crippen LogP contribution in [-0.4, -0.2) is 9.55 Å². The zero-order valence-corrected chi connectivity index (χ0v) is 16.8. The van der Waals surface area contributed by atoms with Crippen molar-refractivity contribution in [1.29, 1.82) is 5.26 Å². The van der Waals surface area contributed by atoms with Crippen molar-refractivity contribution < 1.29 is 26.3 Å². The highest BCUT2D eigenvalue weighted by molar-refractivity contribution is 9.10. The molecule has 0 unspecified atom stereocenters. The maximum absolute atomic E-state index is 13.1. The Balaban J connectivity index is 2.18. The molecule has 156 valence electrons. The number of aromatic nitrogens is 2. The predicted octanol–water partition coefficient (Wildman–Crippen LogP) is 6.81. The molecule has 2 heterocycles. The van der Waals surface area contributed by atoms with E-state index in [9.17, 15) is 26.3 Å². The molecule has 0 spiro atoms. The molecule has 3 rings (SSSR count). The summed E-state index contributed by atoms with van der Waals surface area (Å²) in [5.74, 6) is 0. The summed E-state index contributed by atoms with van der Waals surface area (Å²) in [6.07, 6.45) is -5.28. The Morgan fingerprint density at radius 1 is 1.13 bits per heavy atom. The van der Waals surface area contributed by atoms with Gasteiger partial charge >= 0.3 is 12.4 Å². The SMILES string of the molecule is C/C(C#N)=C/c1cn(Cc2cc(C(F)(F)F)cc(C(F)(F)F)c2)c2nccc(Br)c12. The lowest BCUT2D eigenvalue weighted by Gasteiger charge is -2.15. The first-order valence-electron chi connectivity index (χ1n) is 8.40. The number of allylic oxidation sites excluding steroid dienone is 1. The Morgan fingerprint density at radius 3 is 2.27 bits per heavy atom. The van der Waals surface area contributed by atoms with Crippen molar-refractivity contribution in [1.82, 2.24) is 9.55 Å². The van der Waals surface area contributed by atoms with E-state index in [1.807, 2.05) is 6.07 Å². The van der Waals surface area contributed by atoms with Crippen LogP contribution in [-0.2, 0) is 18.9 Å². The molecule has 3 nitrogen and oxygen atoms in total. The van der Waals surface area contributed by atoms with Gasteiger partial charge in [-0.05, 0) is 58.8 Å². The Hall–Kier alpha value is -2.80. The van der Waals surface area contributed by atoms with Crippen molar-refractivity contribution in [2.45, 2.75) is 25.8 Å². The zero-order valence-electron chi connectivity index (χ0n) is 15.2. The van der Waals surface area contributed by atoms with E-state index < -0.39 is 23.5 Å². The van der Waals surface area contributed by atoms with Gasteiger partial charge in [0, 0.05) is 39.9 Å². The normalized spacial score (nSPS) is 13.0. The third kappa shape index (κ3) is 4.51. The summed E-state index contributed by atoms with van der Waals surface area (Å²) < 4.78 is 80.9. The topological polar surface area (TPSA) is 41.6 Å². The van der Waals surface area contributed by atoms with Crippen molar-refractivity contribution in [3.05, 3.63) is 69.0 Å². The first-order valence-corrected chi connectivity index (χ1v) is 9.19. The Kier molecular flexibility index (Phi) is 5.69. The van der Waals surface area contributed by atoms with Crippen LogP contribution >= 0.6 is 15.9 Å². The van der Waals surface area contributed by atoms with Gasteiger partial charge < -0.3 is 4.57 Å². The molecule has 0 aliphatic rings. The molecular weight excluding hydrogens is 476 g/mol. The van der Waals surface area contributed by atoms with Gasteiger partial charge in [0.15, 0.2) is 0 Å². The fourth-order valence-corrected chi connectivity index (χ4v) is 3.53. The van der Waals surface area contributed by atoms with E-state index in [2.05, 4.69) is 20.9 Å². The van der Waals surface area contributed by atoms with Crippen molar-refractivity contribution >= 4 is 33.0 Å². The summed E-state index contributed by atoms with van der Waals surface area (Å²) in [6.45, 7) is 1.31. The molecule has 0 N–H and O–H groups in total. The molecule has 0 saturated heterocycles. The van der Waals surface area contributed by atoms with Crippen molar-refractivity contribution in [2.75, 3.05) is 0 Å². The fourth-order valence-electron chi connectivity index (χ4n) is 3.01. The van der Waals surface area contributed by atoms with Crippen LogP contribution in [0.1, 0.15) is 29.2 Å². The van der Waals surface area contributed by atoms with Gasteiger partial charge in [-0.15, -0.1) is 0 Å². The molecule has 0 fully saturated rings. The van der Waals surface area contributed by atoms with E-state index in [1.165, 1.54) is 17.0 Å². The third-order valence-electron chi connectivity index (χ3n) is 4.28. The van der Waals surface area contributed by atoms with Crippen LogP contribution in [0.25, 0.3) is 17.1 Å². The molecule has 0 aliphatic heterocycles. The van der Waals surface area contributed by atoms with Crippen LogP contribution in [0, 0.1) is 11.3 Å². The second-order valence-electron chi connectivity index (χ2n) is 6.56. The minimum Gasteiger partial charge on any atom is -0.327 e. The first-order chi connectivity index (χ1) is 13.9. The smallest absolute Gasteiger partial charge is 0.327 e. The third-order valence-corrected chi connectivity index (χ3v) is 4.95. The Bertz CT molecular complexity index is 1150. The summed E-state index contributed by atoms with van der Waals surface area (Å²) in [5, 5.41) is 9.62. The van der Waals surface area contributed by atoms with Gasteiger partial charge in [0.1, 0.15) is 5.65 Å². The average Bonchev–Trinajstić information content (AvgIpc) is 2.98. The van der Waals surface area contributed by atoms with Crippen molar-refractivity contribution in [3.8, 4) is 6.07 Å². The van der Waals surface area contributed by atoms with Gasteiger partial charge in [0.2, 0.25) is 0 Å². The highest BCUT2D eigenvalue weighted by Crippen LogP contribution is 2.37. The van der Waals surface area contributed by atoms with E-state index in [0.717, 1.165) is 0 Å². The molecule has 0 radical (unpaired) electrons. The van der Waals surface area contributed by atoms with Gasteiger partial charge in [-0.3, -0.25) is 0 Å². The largest absolute Gasteiger partial charge is 0.416 e. The molecule has 1 aromatic carbocycles. The quantitative estimate of drug-likeness (QED) is 0.300. The summed E-state index contributed by atoms with van der Waals surface area (Å²) in [7, 11) is 0. The standard InChI is InChI=1S/C20H12BrF6N3/c1-11(8-28)4-13-10-30(18-17(13)16(21)2-3-29-18)9-12-5-14(19(22,23)24)7-15(6-12)20(25,26)27/h2-7,10H,9H2,1H3/b11-4-. The molecule has 0 aliphatic carbocycles. The molecule has 10 heteroatoms. The molecule has 0 atom stereocenters. The number of fused-ring (bicyclic) bond motifs is 1. The number of halogens is 7. The molecule has 30 heavy (non-hydrogen) atoms. The molecule has 2 aromatic heterocycles. The maximum atomic E-state index is 13.1. The summed E-state index contributed by atoms with van der Waals surface area (Å²) in [6, 6.07) is 5.09. The summed E-state index contributed by atoms with van der Waals surface area (Å²) in [4.78, 5) is 4.21. The molecule has 3 aromatic rings.